The van der Waals surface area contributed by atoms with Gasteiger partial charge in [-0.2, -0.15) is 0 Å². The molecule has 4 aromatic rings. The Kier molecular flexibility index (Phi) is 6.69. The van der Waals surface area contributed by atoms with Crippen LogP contribution in [0.3, 0.4) is 0 Å². The van der Waals surface area contributed by atoms with E-state index >= 15 is 0 Å². The number of para-hydroxylation sites is 1. The van der Waals surface area contributed by atoms with E-state index in [4.69, 9.17) is 21.9 Å². The fourth-order valence-electron chi connectivity index (χ4n) is 4.99. The van der Waals surface area contributed by atoms with Crippen LogP contribution in [0.4, 0.5) is 11.5 Å². The number of aryl methyl sites for hydroxylation is 1. The van der Waals surface area contributed by atoms with E-state index in [2.05, 4.69) is 0 Å². The van der Waals surface area contributed by atoms with Crippen LogP contribution in [0.2, 0.25) is 0 Å². The highest BCUT2D eigenvalue weighted by molar-refractivity contribution is 8.27. The summed E-state index contributed by atoms with van der Waals surface area (Å²) in [5.74, 6) is 0.0347. The minimum absolute atomic E-state index is 0.189. The molecule has 0 unspecified atom stereocenters. The largest absolute Gasteiger partial charge is 0.378 e. The number of morpholine rings is 1. The zero-order valence-corrected chi connectivity index (χ0v) is 23.8. The number of ether oxygens (including phenoxy) is 1. The number of pyridine rings is 1. The van der Waals surface area contributed by atoms with Gasteiger partial charge in [-0.1, -0.05) is 48.2 Å². The normalized spacial score (nSPS) is 17.0. The average molecular weight is 575 g/mol. The third kappa shape index (κ3) is 4.28. The summed E-state index contributed by atoms with van der Waals surface area (Å²) in [4.78, 5) is 49.6. The second kappa shape index (κ2) is 10.2. The maximum atomic E-state index is 13.8. The van der Waals surface area contributed by atoms with Crippen molar-refractivity contribution in [2.45, 2.75) is 13.8 Å². The molecule has 204 valence electrons. The number of anilines is 2. The Hall–Kier alpha value is -4.00. The molecule has 0 saturated carbocycles. The second-order valence-corrected chi connectivity index (χ2v) is 11.3. The number of thioether (sulfide) groups is 1. The molecule has 1 amide bonds. The van der Waals surface area contributed by atoms with Gasteiger partial charge in [-0.15, -0.1) is 0 Å². The van der Waals surface area contributed by atoms with E-state index in [0.717, 1.165) is 17.3 Å². The van der Waals surface area contributed by atoms with E-state index in [1.807, 2.05) is 48.2 Å². The minimum Gasteiger partial charge on any atom is -0.378 e. The van der Waals surface area contributed by atoms with Crippen LogP contribution in [0.5, 0.6) is 0 Å². The van der Waals surface area contributed by atoms with Crippen LogP contribution in [0.25, 0.3) is 17.4 Å². The molecule has 2 aliphatic heterocycles. The molecule has 0 radical (unpaired) electrons. The van der Waals surface area contributed by atoms with Crippen molar-refractivity contribution in [3.05, 3.63) is 91.1 Å². The quantitative estimate of drug-likeness (QED) is 0.271. The molecule has 40 heavy (non-hydrogen) atoms. The second-order valence-electron chi connectivity index (χ2n) is 9.62. The Labute approximate surface area is 239 Å². The molecular formula is C28H26N6O4S2. The molecule has 1 aromatic carbocycles. The molecule has 2 aliphatic rings. The summed E-state index contributed by atoms with van der Waals surface area (Å²) in [6, 6.07) is 12.9. The van der Waals surface area contributed by atoms with Gasteiger partial charge in [0.2, 0.25) is 0 Å². The van der Waals surface area contributed by atoms with Crippen molar-refractivity contribution >= 4 is 57.4 Å². The lowest BCUT2D eigenvalue weighted by molar-refractivity contribution is -0.113. The highest BCUT2D eigenvalue weighted by Gasteiger charge is 2.38. The van der Waals surface area contributed by atoms with Crippen LogP contribution in [0.15, 0.2) is 63.2 Å². The van der Waals surface area contributed by atoms with Crippen LogP contribution in [-0.2, 0) is 16.6 Å². The van der Waals surface area contributed by atoms with E-state index < -0.39 is 5.91 Å². The number of carbonyl (C=O) groups excluding carboxylic acids is 1. The smallest absolute Gasteiger partial charge is 0.296 e. The van der Waals surface area contributed by atoms with Gasteiger partial charge in [0, 0.05) is 26.3 Å². The van der Waals surface area contributed by atoms with Crippen LogP contribution in [0.1, 0.15) is 16.8 Å². The molecule has 6 rings (SSSR count). The molecule has 2 saturated heterocycles. The lowest BCUT2D eigenvalue weighted by atomic mass is 10.2. The van der Waals surface area contributed by atoms with E-state index in [1.165, 1.54) is 14.0 Å². The number of benzene rings is 1. The lowest BCUT2D eigenvalue weighted by Crippen LogP contribution is -2.38. The zero-order valence-electron chi connectivity index (χ0n) is 22.2. The van der Waals surface area contributed by atoms with E-state index in [0.29, 0.717) is 49.1 Å². The molecule has 0 N–H and O–H groups in total. The highest BCUT2D eigenvalue weighted by Crippen LogP contribution is 2.37. The first kappa shape index (κ1) is 26.2. The molecule has 3 aromatic heterocycles. The molecular weight excluding hydrogens is 548 g/mol. The average Bonchev–Trinajstić information content (AvgIpc) is 3.35. The highest BCUT2D eigenvalue weighted by atomic mass is 32.2. The summed E-state index contributed by atoms with van der Waals surface area (Å²) in [5.41, 5.74) is 2.51. The van der Waals surface area contributed by atoms with E-state index in [9.17, 15) is 14.4 Å². The van der Waals surface area contributed by atoms with Crippen LogP contribution in [0, 0.1) is 13.8 Å². The van der Waals surface area contributed by atoms with Crippen molar-refractivity contribution in [2.24, 2.45) is 7.05 Å². The third-order valence-corrected chi connectivity index (χ3v) is 8.41. The Morgan fingerprint density at radius 2 is 1.73 bits per heavy atom. The first-order chi connectivity index (χ1) is 19.3. The van der Waals surface area contributed by atoms with Gasteiger partial charge in [-0.05, 0) is 43.7 Å². The molecule has 12 heteroatoms. The Bertz CT molecular complexity index is 1830. The third-order valence-electron chi connectivity index (χ3n) is 7.11. The molecule has 0 aliphatic carbocycles. The van der Waals surface area contributed by atoms with Crippen LogP contribution < -0.4 is 20.9 Å². The fourth-order valence-corrected chi connectivity index (χ4v) is 6.25. The van der Waals surface area contributed by atoms with Crippen molar-refractivity contribution in [3.8, 4) is 5.69 Å². The Balaban J connectivity index is 1.48. The molecule has 0 spiro atoms. The number of carbonyl (C=O) groups is 1. The van der Waals surface area contributed by atoms with E-state index in [1.54, 1.807) is 37.0 Å². The summed E-state index contributed by atoms with van der Waals surface area (Å²) in [5, 5.41) is 0. The maximum absolute atomic E-state index is 13.8. The number of hydrogen-bond donors (Lipinski definition) is 0. The molecule has 5 heterocycles. The van der Waals surface area contributed by atoms with Gasteiger partial charge in [0.05, 0.1) is 35.1 Å². The number of fused-ring (bicyclic) bond motifs is 1. The fraction of sp³-hybridized carbons (Fsp3) is 0.250. The van der Waals surface area contributed by atoms with Gasteiger partial charge in [0.15, 0.2) is 4.32 Å². The topological polar surface area (TPSA) is 94.1 Å². The van der Waals surface area contributed by atoms with Crippen molar-refractivity contribution in [2.75, 3.05) is 36.1 Å². The monoisotopic (exact) mass is 574 g/mol. The first-order valence-electron chi connectivity index (χ1n) is 12.7. The van der Waals surface area contributed by atoms with E-state index in [-0.39, 0.29) is 31.6 Å². The van der Waals surface area contributed by atoms with Crippen LogP contribution in [-0.4, -0.2) is 55.3 Å². The van der Waals surface area contributed by atoms with Crippen LogP contribution >= 0.6 is 24.0 Å². The zero-order chi connectivity index (χ0) is 28.1. The number of thiocarbonyl (C=S) groups is 1. The molecule has 10 nitrogen and oxygen atoms in total. The SMILES string of the molecule is Cc1ccc2nc(N3CCOCC3)c(C=C3SC(=S)N(c4c(C)n(C)n(-c5ccccc5)c4=O)C3=O)c(=O)n2c1. The van der Waals surface area contributed by atoms with Gasteiger partial charge in [-0.25, -0.2) is 9.67 Å². The number of rotatable bonds is 4. The first-order valence-corrected chi connectivity index (χ1v) is 14.0. The van der Waals surface area contributed by atoms with Gasteiger partial charge < -0.3 is 9.64 Å². The van der Waals surface area contributed by atoms with Gasteiger partial charge >= 0.3 is 0 Å². The Morgan fingerprint density at radius 1 is 1.00 bits per heavy atom. The summed E-state index contributed by atoms with van der Waals surface area (Å²) >= 11 is 6.67. The standard InChI is InChI=1S/C28H26N6O4S2/c1-17-9-10-22-29-24(31-11-13-38-14-12-31)20(25(35)32(22)16-17)15-21-26(36)33(28(39)40-21)23-18(2)30(3)34(27(23)37)19-7-5-4-6-8-19/h4-10,15-16H,11-14H2,1-3H3. The summed E-state index contributed by atoms with van der Waals surface area (Å²) in [7, 11) is 1.76. The number of hydrogen-bond acceptors (Lipinski definition) is 8. The van der Waals surface area contributed by atoms with Crippen molar-refractivity contribution < 1.29 is 9.53 Å². The maximum Gasteiger partial charge on any atom is 0.296 e. The van der Waals surface area contributed by atoms with Gasteiger partial charge in [0.1, 0.15) is 17.2 Å². The molecule has 0 bridgehead atoms. The van der Waals surface area contributed by atoms with Gasteiger partial charge in [-0.3, -0.25) is 28.4 Å². The summed E-state index contributed by atoms with van der Waals surface area (Å²) < 4.78 is 10.4. The summed E-state index contributed by atoms with van der Waals surface area (Å²) in [6.45, 7) is 5.83. The predicted molar refractivity (Wildman–Crippen MR) is 161 cm³/mol. The van der Waals surface area contributed by atoms with Crippen molar-refractivity contribution in [3.63, 3.8) is 0 Å². The van der Waals surface area contributed by atoms with Crippen molar-refractivity contribution in [1.29, 1.82) is 0 Å². The van der Waals surface area contributed by atoms with Gasteiger partial charge in [0.25, 0.3) is 17.0 Å². The lowest BCUT2D eigenvalue weighted by Gasteiger charge is -2.29. The number of nitrogens with zero attached hydrogens (tertiary/aromatic N) is 6. The number of amides is 1. The number of aromatic nitrogens is 4. The Morgan fingerprint density at radius 3 is 2.45 bits per heavy atom. The predicted octanol–water partition coefficient (Wildman–Crippen LogP) is 3.04. The summed E-state index contributed by atoms with van der Waals surface area (Å²) in [6.07, 6.45) is 3.29. The van der Waals surface area contributed by atoms with Crippen molar-refractivity contribution in [1.82, 2.24) is 18.7 Å². The molecule has 0 atom stereocenters. The minimum atomic E-state index is -0.456. The molecule has 2 fully saturated rings.